The first-order chi connectivity index (χ1) is 14.6. The SMILES string of the molecule is COc1ccc(NC2=C(c3ccc(Cl)cc3)C(=O)N(Cc3ccccn3)C2=O)cc1. The van der Waals surface area contributed by atoms with E-state index in [4.69, 9.17) is 16.3 Å². The predicted molar refractivity (Wildman–Crippen MR) is 115 cm³/mol. The second-order valence-electron chi connectivity index (χ2n) is 6.63. The zero-order valence-electron chi connectivity index (χ0n) is 16.1. The molecular weight excluding hydrogens is 402 g/mol. The molecule has 6 nitrogen and oxygen atoms in total. The van der Waals surface area contributed by atoms with Crippen molar-refractivity contribution in [3.05, 3.63) is 94.9 Å². The molecule has 0 fully saturated rings. The summed E-state index contributed by atoms with van der Waals surface area (Å²) < 4.78 is 5.17. The lowest BCUT2D eigenvalue weighted by molar-refractivity contribution is -0.137. The monoisotopic (exact) mass is 419 g/mol. The molecule has 0 atom stereocenters. The number of hydrogen-bond donors (Lipinski definition) is 1. The second-order valence-corrected chi connectivity index (χ2v) is 7.06. The zero-order chi connectivity index (χ0) is 21.1. The fourth-order valence-electron chi connectivity index (χ4n) is 3.19. The van der Waals surface area contributed by atoms with E-state index in [0.717, 1.165) is 0 Å². The van der Waals surface area contributed by atoms with Crippen LogP contribution in [0.25, 0.3) is 5.57 Å². The van der Waals surface area contributed by atoms with Crippen molar-refractivity contribution in [1.82, 2.24) is 9.88 Å². The van der Waals surface area contributed by atoms with Crippen LogP contribution in [-0.4, -0.2) is 28.8 Å². The van der Waals surface area contributed by atoms with Crippen LogP contribution in [0.5, 0.6) is 5.75 Å². The zero-order valence-corrected chi connectivity index (χ0v) is 16.9. The summed E-state index contributed by atoms with van der Waals surface area (Å²) in [6, 6.07) is 19.3. The normalized spacial score (nSPS) is 13.7. The third kappa shape index (κ3) is 3.90. The number of carbonyl (C=O) groups is 2. The first-order valence-electron chi connectivity index (χ1n) is 9.24. The number of imide groups is 1. The van der Waals surface area contributed by atoms with Gasteiger partial charge in [0.2, 0.25) is 0 Å². The summed E-state index contributed by atoms with van der Waals surface area (Å²) in [5.74, 6) is -0.103. The summed E-state index contributed by atoms with van der Waals surface area (Å²) in [5.41, 5.74) is 2.41. The molecule has 2 aromatic carbocycles. The van der Waals surface area contributed by atoms with Gasteiger partial charge < -0.3 is 10.1 Å². The van der Waals surface area contributed by atoms with Gasteiger partial charge in [-0.05, 0) is 54.1 Å². The van der Waals surface area contributed by atoms with E-state index < -0.39 is 5.91 Å². The molecule has 1 aromatic heterocycles. The number of amides is 2. The first-order valence-corrected chi connectivity index (χ1v) is 9.62. The van der Waals surface area contributed by atoms with E-state index >= 15 is 0 Å². The topological polar surface area (TPSA) is 71.5 Å². The van der Waals surface area contributed by atoms with Gasteiger partial charge in [0.25, 0.3) is 11.8 Å². The molecule has 30 heavy (non-hydrogen) atoms. The average Bonchev–Trinajstić information content (AvgIpc) is 3.00. The molecule has 0 unspecified atom stereocenters. The quantitative estimate of drug-likeness (QED) is 0.608. The second kappa shape index (κ2) is 8.39. The maximum absolute atomic E-state index is 13.2. The van der Waals surface area contributed by atoms with Crippen LogP contribution in [0.1, 0.15) is 11.3 Å². The highest BCUT2D eigenvalue weighted by Crippen LogP contribution is 2.32. The van der Waals surface area contributed by atoms with E-state index in [9.17, 15) is 9.59 Å². The van der Waals surface area contributed by atoms with Gasteiger partial charge in [0.1, 0.15) is 11.4 Å². The molecule has 2 heterocycles. The third-order valence-corrected chi connectivity index (χ3v) is 4.96. The Bertz CT molecular complexity index is 1110. The van der Waals surface area contributed by atoms with Crippen molar-refractivity contribution < 1.29 is 14.3 Å². The van der Waals surface area contributed by atoms with Gasteiger partial charge in [-0.25, -0.2) is 0 Å². The molecule has 1 N–H and O–H groups in total. The Morgan fingerprint density at radius 3 is 2.33 bits per heavy atom. The minimum atomic E-state index is -0.411. The van der Waals surface area contributed by atoms with Crippen LogP contribution in [0, 0.1) is 0 Å². The Labute approximate surface area is 178 Å². The van der Waals surface area contributed by atoms with Crippen molar-refractivity contribution in [3.8, 4) is 5.75 Å². The van der Waals surface area contributed by atoms with Gasteiger partial charge in [-0.1, -0.05) is 29.8 Å². The summed E-state index contributed by atoms with van der Waals surface area (Å²) in [5, 5.41) is 3.66. The molecule has 0 saturated heterocycles. The third-order valence-electron chi connectivity index (χ3n) is 4.71. The van der Waals surface area contributed by atoms with Crippen molar-refractivity contribution in [3.63, 3.8) is 0 Å². The van der Waals surface area contributed by atoms with Crippen LogP contribution in [0.4, 0.5) is 5.69 Å². The lowest BCUT2D eigenvalue weighted by atomic mass is 10.0. The standard InChI is InChI=1S/C23H18ClN3O3/c1-30-19-11-9-17(10-12-19)26-21-20(15-5-7-16(24)8-6-15)22(28)27(23(21)29)14-18-4-2-3-13-25-18/h2-13,26H,14H2,1H3. The summed E-state index contributed by atoms with van der Waals surface area (Å²) >= 11 is 6.00. The molecule has 0 spiro atoms. The van der Waals surface area contributed by atoms with Crippen molar-refractivity contribution in [1.29, 1.82) is 0 Å². The van der Waals surface area contributed by atoms with Crippen molar-refractivity contribution in [2.45, 2.75) is 6.54 Å². The number of pyridine rings is 1. The Morgan fingerprint density at radius 2 is 1.70 bits per heavy atom. The molecule has 2 amide bonds. The lowest BCUT2D eigenvalue weighted by Crippen LogP contribution is -2.32. The first kappa shape index (κ1) is 19.7. The van der Waals surface area contributed by atoms with E-state index in [1.165, 1.54) is 4.90 Å². The summed E-state index contributed by atoms with van der Waals surface area (Å²) in [4.78, 5) is 31.9. The fourth-order valence-corrected chi connectivity index (χ4v) is 3.32. The van der Waals surface area contributed by atoms with Gasteiger partial charge >= 0.3 is 0 Å². The molecule has 7 heteroatoms. The van der Waals surface area contributed by atoms with E-state index in [0.29, 0.717) is 33.3 Å². The van der Waals surface area contributed by atoms with Gasteiger partial charge in [-0.3, -0.25) is 19.5 Å². The van der Waals surface area contributed by atoms with Gasteiger partial charge in [0.05, 0.1) is 24.9 Å². The molecule has 3 aromatic rings. The lowest BCUT2D eigenvalue weighted by Gasteiger charge is -2.14. The molecule has 1 aliphatic heterocycles. The predicted octanol–water partition coefficient (Wildman–Crippen LogP) is 4.14. The Kier molecular flexibility index (Phi) is 5.50. The van der Waals surface area contributed by atoms with Crippen LogP contribution in [-0.2, 0) is 16.1 Å². The Morgan fingerprint density at radius 1 is 0.967 bits per heavy atom. The highest BCUT2D eigenvalue weighted by atomic mass is 35.5. The minimum Gasteiger partial charge on any atom is -0.497 e. The molecule has 150 valence electrons. The Balaban J connectivity index is 1.72. The maximum atomic E-state index is 13.2. The average molecular weight is 420 g/mol. The number of aromatic nitrogens is 1. The van der Waals surface area contributed by atoms with Crippen LogP contribution < -0.4 is 10.1 Å². The maximum Gasteiger partial charge on any atom is 0.278 e. The van der Waals surface area contributed by atoms with Crippen LogP contribution >= 0.6 is 11.6 Å². The molecular formula is C23H18ClN3O3. The van der Waals surface area contributed by atoms with E-state index in [2.05, 4.69) is 10.3 Å². The summed E-state index contributed by atoms with van der Waals surface area (Å²) in [6.07, 6.45) is 1.63. The number of nitrogens with one attached hydrogen (secondary N) is 1. The highest BCUT2D eigenvalue weighted by Gasteiger charge is 2.39. The number of methoxy groups -OCH3 is 1. The fraction of sp³-hybridized carbons (Fsp3) is 0.0870. The minimum absolute atomic E-state index is 0.0867. The van der Waals surface area contributed by atoms with E-state index in [1.807, 2.05) is 6.07 Å². The largest absolute Gasteiger partial charge is 0.497 e. The van der Waals surface area contributed by atoms with E-state index in [-0.39, 0.29) is 18.1 Å². The number of rotatable bonds is 6. The van der Waals surface area contributed by atoms with Crippen molar-refractivity contribution in [2.75, 3.05) is 12.4 Å². The number of halogens is 1. The molecule has 1 aliphatic rings. The Hall–Kier alpha value is -3.64. The molecule has 0 saturated carbocycles. The molecule has 0 aliphatic carbocycles. The van der Waals surface area contributed by atoms with Crippen LogP contribution in [0.15, 0.2) is 78.6 Å². The number of anilines is 1. The van der Waals surface area contributed by atoms with Gasteiger partial charge in [0, 0.05) is 16.9 Å². The number of ether oxygens (including phenoxy) is 1. The summed E-state index contributed by atoms with van der Waals surface area (Å²) in [6.45, 7) is 0.0867. The number of benzene rings is 2. The van der Waals surface area contributed by atoms with E-state index in [1.54, 1.807) is 74.0 Å². The molecule has 4 rings (SSSR count). The molecule has 0 bridgehead atoms. The van der Waals surface area contributed by atoms with Crippen molar-refractivity contribution >= 4 is 34.7 Å². The van der Waals surface area contributed by atoms with Crippen LogP contribution in [0.3, 0.4) is 0 Å². The van der Waals surface area contributed by atoms with Gasteiger partial charge in [-0.15, -0.1) is 0 Å². The molecule has 0 radical (unpaired) electrons. The number of nitrogens with zero attached hydrogens (tertiary/aromatic N) is 2. The number of hydrogen-bond acceptors (Lipinski definition) is 5. The van der Waals surface area contributed by atoms with Gasteiger partial charge in [0.15, 0.2) is 0 Å². The van der Waals surface area contributed by atoms with Gasteiger partial charge in [-0.2, -0.15) is 0 Å². The number of carbonyl (C=O) groups excluding carboxylic acids is 2. The highest BCUT2D eigenvalue weighted by molar-refractivity contribution is 6.36. The summed E-state index contributed by atoms with van der Waals surface area (Å²) in [7, 11) is 1.58. The van der Waals surface area contributed by atoms with Crippen molar-refractivity contribution in [2.24, 2.45) is 0 Å². The van der Waals surface area contributed by atoms with Crippen LogP contribution in [0.2, 0.25) is 5.02 Å². The smallest absolute Gasteiger partial charge is 0.278 e.